The molecule has 0 unspecified atom stereocenters. The van der Waals surface area contributed by atoms with Crippen LogP contribution in [0.15, 0.2) is 0 Å². The lowest BCUT2D eigenvalue weighted by atomic mass is 9.77. The Bertz CT molecular complexity index is 134. The van der Waals surface area contributed by atoms with Gasteiger partial charge >= 0.3 is 0 Å². The van der Waals surface area contributed by atoms with Crippen LogP contribution in [0, 0.1) is 11.3 Å². The van der Waals surface area contributed by atoms with Gasteiger partial charge in [0.2, 0.25) is 0 Å². The van der Waals surface area contributed by atoms with Crippen LogP contribution in [-0.4, -0.2) is 6.17 Å². The van der Waals surface area contributed by atoms with Gasteiger partial charge < -0.3 is 0 Å². The van der Waals surface area contributed by atoms with Crippen LogP contribution in [-0.2, 0) is 0 Å². The Hall–Kier alpha value is -0.0700. The Kier molecular flexibility index (Phi) is 3.14. The zero-order valence-electron chi connectivity index (χ0n) is 8.57. The third kappa shape index (κ3) is 3.12. The molecule has 0 radical (unpaired) electrons. The Morgan fingerprint density at radius 1 is 1.17 bits per heavy atom. The van der Waals surface area contributed by atoms with Gasteiger partial charge in [0.05, 0.1) is 0 Å². The highest BCUT2D eigenvalue weighted by Gasteiger charge is 2.28. The minimum absolute atomic E-state index is 0.298. The summed E-state index contributed by atoms with van der Waals surface area (Å²) >= 11 is 0. The molecule has 0 nitrogen and oxygen atoms in total. The van der Waals surface area contributed by atoms with Crippen LogP contribution in [0.3, 0.4) is 0 Å². The summed E-state index contributed by atoms with van der Waals surface area (Å²) in [5, 5.41) is 0. The van der Waals surface area contributed by atoms with Crippen molar-refractivity contribution in [3.63, 3.8) is 0 Å². The molecule has 1 aliphatic rings. The van der Waals surface area contributed by atoms with E-state index in [1.165, 1.54) is 6.42 Å². The highest BCUT2D eigenvalue weighted by atomic mass is 19.1. The van der Waals surface area contributed by atoms with E-state index in [0.29, 0.717) is 11.3 Å². The van der Waals surface area contributed by atoms with Gasteiger partial charge in [-0.25, -0.2) is 4.39 Å². The van der Waals surface area contributed by atoms with Gasteiger partial charge in [0, 0.05) is 0 Å². The predicted octanol–water partition coefficient (Wildman–Crippen LogP) is 3.95. The van der Waals surface area contributed by atoms with E-state index in [4.69, 9.17) is 0 Å². The highest BCUT2D eigenvalue weighted by Crippen LogP contribution is 2.35. The molecular weight excluding hydrogens is 151 g/mol. The van der Waals surface area contributed by atoms with E-state index in [1.807, 2.05) is 0 Å². The molecule has 0 amide bonds. The van der Waals surface area contributed by atoms with Gasteiger partial charge in [-0.05, 0) is 30.6 Å². The largest absolute Gasteiger partial charge is 0.247 e. The molecule has 2 atom stereocenters. The molecule has 1 aliphatic carbocycles. The van der Waals surface area contributed by atoms with Crippen LogP contribution < -0.4 is 0 Å². The van der Waals surface area contributed by atoms with Gasteiger partial charge in [-0.1, -0.05) is 33.6 Å². The van der Waals surface area contributed by atoms with Crippen molar-refractivity contribution >= 4 is 0 Å². The summed E-state index contributed by atoms with van der Waals surface area (Å²) in [6, 6.07) is 0. The first-order chi connectivity index (χ1) is 5.49. The molecule has 1 heteroatoms. The minimum atomic E-state index is -0.516. The molecular formula is C11H21F. The lowest BCUT2D eigenvalue weighted by Crippen LogP contribution is -2.25. The van der Waals surface area contributed by atoms with Gasteiger partial charge in [-0.15, -0.1) is 0 Å². The maximum atomic E-state index is 13.4. The van der Waals surface area contributed by atoms with Crippen molar-refractivity contribution in [2.24, 2.45) is 11.3 Å². The molecule has 1 fully saturated rings. The van der Waals surface area contributed by atoms with Gasteiger partial charge in [-0.3, -0.25) is 0 Å². The second-order valence-corrected chi connectivity index (χ2v) is 5.33. The van der Waals surface area contributed by atoms with E-state index in [2.05, 4.69) is 20.8 Å². The monoisotopic (exact) mass is 172 g/mol. The average molecular weight is 172 g/mol. The van der Waals surface area contributed by atoms with E-state index >= 15 is 0 Å². The smallest absolute Gasteiger partial charge is 0.103 e. The van der Waals surface area contributed by atoms with Crippen molar-refractivity contribution in [2.75, 3.05) is 0 Å². The van der Waals surface area contributed by atoms with E-state index < -0.39 is 6.17 Å². The number of hydrogen-bond donors (Lipinski definition) is 0. The number of halogens is 1. The molecule has 0 saturated heterocycles. The molecule has 0 bridgehead atoms. The second-order valence-electron chi connectivity index (χ2n) is 5.33. The van der Waals surface area contributed by atoms with Crippen molar-refractivity contribution in [2.45, 2.75) is 59.0 Å². The third-order valence-electron chi connectivity index (χ3n) is 2.69. The topological polar surface area (TPSA) is 0 Å². The lowest BCUT2D eigenvalue weighted by Gasteiger charge is -2.31. The normalized spacial score (nSPS) is 32.0. The van der Waals surface area contributed by atoms with Crippen molar-refractivity contribution < 1.29 is 4.39 Å². The maximum Gasteiger partial charge on any atom is 0.103 e. The van der Waals surface area contributed by atoms with Gasteiger partial charge in [0.25, 0.3) is 0 Å². The zero-order chi connectivity index (χ0) is 9.19. The lowest BCUT2D eigenvalue weighted by molar-refractivity contribution is 0.123. The molecule has 0 spiro atoms. The van der Waals surface area contributed by atoms with Crippen molar-refractivity contribution in [1.29, 1.82) is 0 Å². The number of hydrogen-bond acceptors (Lipinski definition) is 0. The van der Waals surface area contributed by atoms with Gasteiger partial charge in [0.1, 0.15) is 6.17 Å². The molecule has 1 rings (SSSR count). The van der Waals surface area contributed by atoms with Gasteiger partial charge in [-0.2, -0.15) is 0 Å². The van der Waals surface area contributed by atoms with Crippen LogP contribution in [0.1, 0.15) is 52.9 Å². The molecule has 0 aromatic rings. The summed E-state index contributed by atoms with van der Waals surface area (Å²) < 4.78 is 13.4. The molecule has 0 heterocycles. The highest BCUT2D eigenvalue weighted by molar-refractivity contribution is 4.79. The third-order valence-corrected chi connectivity index (χ3v) is 2.69. The summed E-state index contributed by atoms with van der Waals surface area (Å²) in [6.07, 6.45) is 4.79. The number of rotatable bonds is 1. The average Bonchev–Trinajstić information content (AvgIpc) is 1.91. The fourth-order valence-corrected chi connectivity index (χ4v) is 2.18. The van der Waals surface area contributed by atoms with Crippen LogP contribution in [0.2, 0.25) is 0 Å². The van der Waals surface area contributed by atoms with Crippen LogP contribution in [0.25, 0.3) is 0 Å². The summed E-state index contributed by atoms with van der Waals surface area (Å²) in [5.41, 5.74) is 0.298. The van der Waals surface area contributed by atoms with Crippen molar-refractivity contribution in [1.82, 2.24) is 0 Å². The Labute approximate surface area is 75.5 Å². The van der Waals surface area contributed by atoms with Crippen LogP contribution in [0.5, 0.6) is 0 Å². The number of alkyl halides is 1. The Morgan fingerprint density at radius 2 is 1.75 bits per heavy atom. The van der Waals surface area contributed by atoms with E-state index in [9.17, 15) is 4.39 Å². The van der Waals surface area contributed by atoms with Gasteiger partial charge in [0.15, 0.2) is 0 Å². The molecule has 1 saturated carbocycles. The fraction of sp³-hybridized carbons (Fsp3) is 1.00. The summed E-state index contributed by atoms with van der Waals surface area (Å²) in [4.78, 5) is 0. The van der Waals surface area contributed by atoms with E-state index in [-0.39, 0.29) is 0 Å². The first-order valence-electron chi connectivity index (χ1n) is 5.13. The molecule has 0 aromatic carbocycles. The summed E-state index contributed by atoms with van der Waals surface area (Å²) in [6.45, 7) is 6.61. The quantitative estimate of drug-likeness (QED) is 0.561. The first kappa shape index (κ1) is 10.0. The molecule has 0 aliphatic heterocycles. The summed E-state index contributed by atoms with van der Waals surface area (Å²) in [5.74, 6) is 0.346. The van der Waals surface area contributed by atoms with E-state index in [1.54, 1.807) is 0 Å². The van der Waals surface area contributed by atoms with Crippen molar-refractivity contribution in [3.8, 4) is 0 Å². The standard InChI is InChI=1S/C11H21F/c1-11(2,3)8-9-6-4-5-7-10(9)12/h9-10H,4-8H2,1-3H3/t9-,10+/m1/s1. The molecule has 0 N–H and O–H groups in total. The summed E-state index contributed by atoms with van der Waals surface area (Å²) in [7, 11) is 0. The van der Waals surface area contributed by atoms with Crippen LogP contribution >= 0.6 is 0 Å². The Morgan fingerprint density at radius 3 is 2.25 bits per heavy atom. The van der Waals surface area contributed by atoms with Crippen LogP contribution in [0.4, 0.5) is 4.39 Å². The molecule has 0 aromatic heterocycles. The molecule has 72 valence electrons. The Balaban J connectivity index is 2.39. The van der Waals surface area contributed by atoms with E-state index in [0.717, 1.165) is 25.7 Å². The maximum absolute atomic E-state index is 13.4. The first-order valence-corrected chi connectivity index (χ1v) is 5.13. The minimum Gasteiger partial charge on any atom is -0.247 e. The predicted molar refractivity (Wildman–Crippen MR) is 50.9 cm³/mol. The zero-order valence-corrected chi connectivity index (χ0v) is 8.57. The fourth-order valence-electron chi connectivity index (χ4n) is 2.18. The molecule has 12 heavy (non-hydrogen) atoms. The second kappa shape index (κ2) is 3.76. The van der Waals surface area contributed by atoms with Crippen molar-refractivity contribution in [3.05, 3.63) is 0 Å². The SMILES string of the molecule is CC(C)(C)C[C@H]1CCCC[C@@H]1F.